The first-order valence-electron chi connectivity index (χ1n) is 10.8. The minimum atomic E-state index is -0.173. The van der Waals surface area contributed by atoms with Crippen LogP contribution in [0.25, 0.3) is 33.7 Å². The van der Waals surface area contributed by atoms with Gasteiger partial charge < -0.3 is 14.3 Å². The van der Waals surface area contributed by atoms with Crippen LogP contribution in [0.5, 0.6) is 0 Å². The molecule has 0 saturated heterocycles. The molecule has 4 heterocycles. The highest BCUT2D eigenvalue weighted by Crippen LogP contribution is 2.33. The predicted molar refractivity (Wildman–Crippen MR) is 125 cm³/mol. The first-order chi connectivity index (χ1) is 15.8. The second kappa shape index (κ2) is 8.16. The largest absolute Gasteiger partial charge is 0.436 e. The van der Waals surface area contributed by atoms with Gasteiger partial charge in [0.15, 0.2) is 11.4 Å². The van der Waals surface area contributed by atoms with E-state index in [4.69, 9.17) is 13.9 Å². The van der Waals surface area contributed by atoms with Crippen molar-refractivity contribution in [3.8, 4) is 22.6 Å². The van der Waals surface area contributed by atoms with E-state index < -0.39 is 0 Å². The Kier molecular flexibility index (Phi) is 5.16. The molecule has 0 fully saturated rings. The van der Waals surface area contributed by atoms with Gasteiger partial charge in [0.25, 0.3) is 0 Å². The van der Waals surface area contributed by atoms with Gasteiger partial charge in [-0.1, -0.05) is 17.3 Å². The third-order valence-corrected chi connectivity index (χ3v) is 5.00. The zero-order valence-electron chi connectivity index (χ0n) is 19.0. The minimum absolute atomic E-state index is 0.173. The molecule has 0 spiro atoms. The van der Waals surface area contributed by atoms with Crippen LogP contribution in [0.15, 0.2) is 57.9 Å². The minimum Gasteiger partial charge on any atom is -0.436 e. The number of hydrogen-bond donors (Lipinski definition) is 1. The monoisotopic (exact) mass is 443 g/mol. The Bertz CT molecular complexity index is 1370. The summed E-state index contributed by atoms with van der Waals surface area (Å²) in [4.78, 5) is 13.6. The third kappa shape index (κ3) is 4.62. The fourth-order valence-electron chi connectivity index (χ4n) is 3.51. The van der Waals surface area contributed by atoms with Gasteiger partial charge in [0, 0.05) is 42.0 Å². The third-order valence-electron chi connectivity index (χ3n) is 5.00. The second-order valence-electron chi connectivity index (χ2n) is 8.96. The number of pyridine rings is 1. The molecular formula is C24H25N7O2. The number of aryl methyl sites for hydroxylation is 3. The van der Waals surface area contributed by atoms with Crippen LogP contribution in [-0.4, -0.2) is 35.4 Å². The fraction of sp³-hybridized carbons (Fsp3) is 0.292. The normalized spacial score (nSPS) is 11.9. The molecule has 1 aromatic carbocycles. The highest BCUT2D eigenvalue weighted by Gasteiger charge is 2.19. The second-order valence-corrected chi connectivity index (χ2v) is 8.96. The molecule has 168 valence electrons. The van der Waals surface area contributed by atoms with Crippen LogP contribution in [0.2, 0.25) is 0 Å². The van der Waals surface area contributed by atoms with Gasteiger partial charge in [-0.15, -0.1) is 0 Å². The van der Waals surface area contributed by atoms with Crippen molar-refractivity contribution in [2.75, 3.05) is 5.32 Å². The molecule has 0 saturated carbocycles. The van der Waals surface area contributed by atoms with Crippen molar-refractivity contribution in [1.82, 2.24) is 29.9 Å². The molecule has 0 aliphatic carbocycles. The average Bonchev–Trinajstić information content (AvgIpc) is 3.50. The molecule has 0 amide bonds. The van der Waals surface area contributed by atoms with Crippen molar-refractivity contribution in [3.05, 3.63) is 60.6 Å². The van der Waals surface area contributed by atoms with Crippen LogP contribution in [-0.2, 0) is 13.0 Å². The van der Waals surface area contributed by atoms with Gasteiger partial charge in [0.05, 0.1) is 11.8 Å². The van der Waals surface area contributed by atoms with E-state index in [0.717, 1.165) is 33.6 Å². The van der Waals surface area contributed by atoms with E-state index in [-0.39, 0.29) is 5.54 Å². The number of fused-ring (bicyclic) bond motifs is 1. The van der Waals surface area contributed by atoms with Crippen molar-refractivity contribution in [1.29, 1.82) is 0 Å². The molecule has 9 heteroatoms. The van der Waals surface area contributed by atoms with Gasteiger partial charge in [-0.3, -0.25) is 4.68 Å². The molecular weight excluding hydrogens is 418 g/mol. The number of aromatic nitrogens is 6. The van der Waals surface area contributed by atoms with Crippen LogP contribution < -0.4 is 5.32 Å². The number of benzene rings is 1. The smallest absolute Gasteiger partial charge is 0.231 e. The highest BCUT2D eigenvalue weighted by molar-refractivity contribution is 5.81. The Hall–Kier alpha value is -4.01. The predicted octanol–water partition coefficient (Wildman–Crippen LogP) is 4.90. The molecule has 0 radical (unpaired) electrons. The Labute approximate surface area is 190 Å². The summed E-state index contributed by atoms with van der Waals surface area (Å²) in [6.45, 7) is 8.71. The Morgan fingerprint density at radius 2 is 1.91 bits per heavy atom. The van der Waals surface area contributed by atoms with E-state index in [1.807, 2.05) is 53.6 Å². The lowest BCUT2D eigenvalue weighted by Gasteiger charge is -2.22. The van der Waals surface area contributed by atoms with E-state index >= 15 is 0 Å². The van der Waals surface area contributed by atoms with Crippen LogP contribution in [0.1, 0.15) is 32.5 Å². The van der Waals surface area contributed by atoms with Gasteiger partial charge >= 0.3 is 0 Å². The standard InChI is InChI=1S/C24H25N7O2/c1-15-27-21(33-30-15)9-10-31-14-17(13-26-31)16-11-18(22(25-12-16)29-24(2,3)4)23-28-19-7-5-6-8-20(19)32-23/h5-8,11-14H,9-10H2,1-4H3,(H,25,29). The molecule has 0 aliphatic heterocycles. The molecule has 9 nitrogen and oxygen atoms in total. The maximum atomic E-state index is 6.06. The summed E-state index contributed by atoms with van der Waals surface area (Å²) in [7, 11) is 0. The summed E-state index contributed by atoms with van der Waals surface area (Å²) in [5, 5.41) is 11.8. The van der Waals surface area contributed by atoms with Gasteiger partial charge in [-0.2, -0.15) is 10.1 Å². The fourth-order valence-corrected chi connectivity index (χ4v) is 3.51. The first kappa shape index (κ1) is 20.9. The van der Waals surface area contributed by atoms with E-state index in [0.29, 0.717) is 30.6 Å². The maximum Gasteiger partial charge on any atom is 0.231 e. The lowest BCUT2D eigenvalue weighted by molar-refractivity contribution is 0.365. The molecule has 4 aromatic heterocycles. The number of para-hydroxylation sites is 2. The number of nitrogens with one attached hydrogen (secondary N) is 1. The lowest BCUT2D eigenvalue weighted by Crippen LogP contribution is -2.27. The molecule has 1 N–H and O–H groups in total. The van der Waals surface area contributed by atoms with Crippen molar-refractivity contribution in [2.24, 2.45) is 0 Å². The van der Waals surface area contributed by atoms with Crippen LogP contribution in [0.4, 0.5) is 5.82 Å². The molecule has 0 unspecified atom stereocenters. The summed E-state index contributed by atoms with van der Waals surface area (Å²) < 4.78 is 13.1. The average molecular weight is 444 g/mol. The van der Waals surface area contributed by atoms with Gasteiger partial charge in [-0.05, 0) is 45.9 Å². The Morgan fingerprint density at radius 1 is 1.06 bits per heavy atom. The number of anilines is 1. The summed E-state index contributed by atoms with van der Waals surface area (Å²) in [5.41, 5.74) is 4.04. The molecule has 33 heavy (non-hydrogen) atoms. The van der Waals surface area contributed by atoms with Crippen molar-refractivity contribution < 1.29 is 8.94 Å². The molecule has 0 atom stereocenters. The van der Waals surface area contributed by atoms with Gasteiger partial charge in [-0.25, -0.2) is 9.97 Å². The number of rotatable bonds is 6. The lowest BCUT2D eigenvalue weighted by atomic mass is 10.1. The zero-order chi connectivity index (χ0) is 23.0. The summed E-state index contributed by atoms with van der Waals surface area (Å²) in [5.74, 6) is 2.48. The van der Waals surface area contributed by atoms with E-state index in [2.05, 4.69) is 46.3 Å². The molecule has 0 aliphatic rings. The highest BCUT2D eigenvalue weighted by atomic mass is 16.5. The zero-order valence-corrected chi connectivity index (χ0v) is 19.0. The maximum absolute atomic E-state index is 6.06. The van der Waals surface area contributed by atoms with E-state index in [1.165, 1.54) is 0 Å². The summed E-state index contributed by atoms with van der Waals surface area (Å²) in [6.07, 6.45) is 6.25. The number of hydrogen-bond acceptors (Lipinski definition) is 8. The molecule has 0 bridgehead atoms. The van der Waals surface area contributed by atoms with Crippen LogP contribution in [0, 0.1) is 6.92 Å². The van der Waals surface area contributed by atoms with E-state index in [9.17, 15) is 0 Å². The van der Waals surface area contributed by atoms with Crippen LogP contribution >= 0.6 is 0 Å². The topological polar surface area (TPSA) is 108 Å². The van der Waals surface area contributed by atoms with Crippen molar-refractivity contribution in [2.45, 2.75) is 46.2 Å². The summed E-state index contributed by atoms with van der Waals surface area (Å²) >= 11 is 0. The van der Waals surface area contributed by atoms with Crippen molar-refractivity contribution in [3.63, 3.8) is 0 Å². The molecule has 5 aromatic rings. The van der Waals surface area contributed by atoms with Gasteiger partial charge in [0.2, 0.25) is 11.8 Å². The quantitative estimate of drug-likeness (QED) is 0.395. The summed E-state index contributed by atoms with van der Waals surface area (Å²) in [6, 6.07) is 9.76. The SMILES string of the molecule is Cc1noc(CCn2cc(-c3cnc(NC(C)(C)C)c(-c4nc5ccccc5o4)c3)cn2)n1. The van der Waals surface area contributed by atoms with Crippen molar-refractivity contribution >= 4 is 16.9 Å². The Morgan fingerprint density at radius 3 is 2.67 bits per heavy atom. The number of nitrogens with zero attached hydrogens (tertiary/aromatic N) is 6. The van der Waals surface area contributed by atoms with E-state index in [1.54, 1.807) is 6.92 Å². The van der Waals surface area contributed by atoms with Crippen LogP contribution in [0.3, 0.4) is 0 Å². The molecule has 5 rings (SSSR count). The Balaban J connectivity index is 1.47. The van der Waals surface area contributed by atoms with Gasteiger partial charge in [0.1, 0.15) is 11.3 Å². The first-order valence-corrected chi connectivity index (χ1v) is 10.8. The number of oxazole rings is 1.